The van der Waals surface area contributed by atoms with E-state index < -0.39 is 5.60 Å². The molecule has 18 heavy (non-hydrogen) atoms. The molecule has 0 saturated carbocycles. The predicted molar refractivity (Wildman–Crippen MR) is 72.6 cm³/mol. The van der Waals surface area contributed by atoms with Crippen molar-refractivity contribution in [2.45, 2.75) is 12.5 Å². The number of amides is 1. The Kier molecular flexibility index (Phi) is 5.14. The van der Waals surface area contributed by atoms with E-state index in [-0.39, 0.29) is 12.5 Å². The summed E-state index contributed by atoms with van der Waals surface area (Å²) in [6, 6.07) is 7.07. The molecule has 1 rings (SSSR count). The molecular formula is C13H19ClN2O2. The Morgan fingerprint density at radius 2 is 2.06 bits per heavy atom. The van der Waals surface area contributed by atoms with Gasteiger partial charge in [0.15, 0.2) is 0 Å². The minimum Gasteiger partial charge on any atom is -0.384 e. The molecule has 5 heteroatoms. The van der Waals surface area contributed by atoms with Crippen molar-refractivity contribution >= 4 is 17.5 Å². The zero-order valence-corrected chi connectivity index (χ0v) is 11.7. The first-order chi connectivity index (χ1) is 8.33. The van der Waals surface area contributed by atoms with E-state index in [1.165, 1.54) is 0 Å². The highest BCUT2D eigenvalue weighted by Crippen LogP contribution is 2.26. The molecule has 2 N–H and O–H groups in total. The molecule has 0 fully saturated rings. The van der Waals surface area contributed by atoms with Crippen molar-refractivity contribution < 1.29 is 9.90 Å². The van der Waals surface area contributed by atoms with Gasteiger partial charge < -0.3 is 15.3 Å². The molecular weight excluding hydrogens is 252 g/mol. The van der Waals surface area contributed by atoms with Crippen LogP contribution in [0.5, 0.6) is 0 Å². The van der Waals surface area contributed by atoms with Crippen LogP contribution in [0.2, 0.25) is 5.02 Å². The normalized spacial score (nSPS) is 14.3. The molecule has 1 aromatic carbocycles. The van der Waals surface area contributed by atoms with E-state index in [0.29, 0.717) is 17.1 Å². The van der Waals surface area contributed by atoms with Gasteiger partial charge in [-0.2, -0.15) is 0 Å². The van der Waals surface area contributed by atoms with E-state index in [2.05, 4.69) is 5.32 Å². The zero-order chi connectivity index (χ0) is 13.8. The SMILES string of the molecule is CN(C)CC(=O)NCC(C)(O)c1ccccc1Cl. The Labute approximate surface area is 113 Å². The average Bonchev–Trinajstić information content (AvgIpc) is 2.26. The van der Waals surface area contributed by atoms with Crippen LogP contribution >= 0.6 is 11.6 Å². The Morgan fingerprint density at radius 3 is 2.61 bits per heavy atom. The lowest BCUT2D eigenvalue weighted by Crippen LogP contribution is -2.42. The molecule has 0 aromatic heterocycles. The lowest BCUT2D eigenvalue weighted by atomic mass is 9.96. The highest BCUT2D eigenvalue weighted by atomic mass is 35.5. The molecule has 0 radical (unpaired) electrons. The van der Waals surface area contributed by atoms with Crippen LogP contribution in [0, 0.1) is 0 Å². The van der Waals surface area contributed by atoms with E-state index in [9.17, 15) is 9.90 Å². The number of hydrogen-bond acceptors (Lipinski definition) is 3. The summed E-state index contributed by atoms with van der Waals surface area (Å²) >= 11 is 6.03. The molecule has 1 aromatic rings. The van der Waals surface area contributed by atoms with Crippen LogP contribution in [0.3, 0.4) is 0 Å². The number of likely N-dealkylation sites (N-methyl/N-ethyl adjacent to an activating group) is 1. The van der Waals surface area contributed by atoms with Crippen molar-refractivity contribution in [2.75, 3.05) is 27.2 Å². The largest absolute Gasteiger partial charge is 0.384 e. The van der Waals surface area contributed by atoms with Gasteiger partial charge in [0.25, 0.3) is 0 Å². The van der Waals surface area contributed by atoms with Crippen molar-refractivity contribution in [1.82, 2.24) is 10.2 Å². The first-order valence-corrected chi connectivity index (χ1v) is 6.09. The van der Waals surface area contributed by atoms with Crippen LogP contribution in [-0.4, -0.2) is 43.1 Å². The fourth-order valence-corrected chi connectivity index (χ4v) is 1.95. The van der Waals surface area contributed by atoms with Gasteiger partial charge in [0.1, 0.15) is 5.60 Å². The van der Waals surface area contributed by atoms with Crippen molar-refractivity contribution in [1.29, 1.82) is 0 Å². The highest BCUT2D eigenvalue weighted by molar-refractivity contribution is 6.31. The maximum absolute atomic E-state index is 11.5. The fraction of sp³-hybridized carbons (Fsp3) is 0.462. The van der Waals surface area contributed by atoms with E-state index in [1.807, 2.05) is 14.1 Å². The van der Waals surface area contributed by atoms with Gasteiger partial charge in [0.2, 0.25) is 5.91 Å². The van der Waals surface area contributed by atoms with Gasteiger partial charge in [-0.25, -0.2) is 0 Å². The number of carbonyl (C=O) groups excluding carboxylic acids is 1. The molecule has 100 valence electrons. The second kappa shape index (κ2) is 6.18. The standard InChI is InChI=1S/C13H19ClN2O2/c1-13(18,9-15-12(17)8-16(2)3)10-6-4-5-7-11(10)14/h4-7,18H,8-9H2,1-3H3,(H,15,17). The molecule has 0 spiro atoms. The van der Waals surface area contributed by atoms with Crippen molar-refractivity contribution in [2.24, 2.45) is 0 Å². The van der Waals surface area contributed by atoms with E-state index in [0.717, 1.165) is 0 Å². The molecule has 0 bridgehead atoms. The number of hydrogen-bond donors (Lipinski definition) is 2. The summed E-state index contributed by atoms with van der Waals surface area (Å²) in [5.74, 6) is -0.132. The Balaban J connectivity index is 2.65. The second-order valence-corrected chi connectivity index (χ2v) is 5.18. The molecule has 0 aliphatic carbocycles. The van der Waals surface area contributed by atoms with Gasteiger partial charge in [0, 0.05) is 10.6 Å². The molecule has 1 amide bonds. The fourth-order valence-electron chi connectivity index (χ4n) is 1.61. The van der Waals surface area contributed by atoms with E-state index in [1.54, 1.807) is 36.1 Å². The molecule has 1 atom stereocenters. The number of nitrogens with zero attached hydrogens (tertiary/aromatic N) is 1. The van der Waals surface area contributed by atoms with Crippen molar-refractivity contribution in [3.63, 3.8) is 0 Å². The number of nitrogens with one attached hydrogen (secondary N) is 1. The molecule has 0 aliphatic rings. The first kappa shape index (κ1) is 15.0. The maximum Gasteiger partial charge on any atom is 0.234 e. The van der Waals surface area contributed by atoms with Gasteiger partial charge in [-0.1, -0.05) is 29.8 Å². The number of carbonyl (C=O) groups is 1. The van der Waals surface area contributed by atoms with Crippen LogP contribution in [-0.2, 0) is 10.4 Å². The number of halogens is 1. The summed E-state index contributed by atoms with van der Waals surface area (Å²) in [6.45, 7) is 2.05. The summed E-state index contributed by atoms with van der Waals surface area (Å²) in [5.41, 5.74) is -0.572. The third-order valence-electron chi connectivity index (χ3n) is 2.54. The van der Waals surface area contributed by atoms with E-state index in [4.69, 9.17) is 11.6 Å². The Hall–Kier alpha value is -1.10. The lowest BCUT2D eigenvalue weighted by Gasteiger charge is -2.25. The number of benzene rings is 1. The smallest absolute Gasteiger partial charge is 0.234 e. The number of aliphatic hydroxyl groups is 1. The zero-order valence-electron chi connectivity index (χ0n) is 10.9. The molecule has 0 saturated heterocycles. The molecule has 0 heterocycles. The summed E-state index contributed by atoms with van der Waals surface area (Å²) in [7, 11) is 3.62. The topological polar surface area (TPSA) is 52.6 Å². The Morgan fingerprint density at radius 1 is 1.44 bits per heavy atom. The number of rotatable bonds is 5. The van der Waals surface area contributed by atoms with Gasteiger partial charge in [-0.3, -0.25) is 4.79 Å². The molecule has 1 unspecified atom stereocenters. The van der Waals surface area contributed by atoms with Crippen LogP contribution in [0.15, 0.2) is 24.3 Å². The summed E-state index contributed by atoms with van der Waals surface area (Å²) in [5, 5.41) is 13.5. The second-order valence-electron chi connectivity index (χ2n) is 4.77. The molecule has 4 nitrogen and oxygen atoms in total. The van der Waals surface area contributed by atoms with E-state index >= 15 is 0 Å². The third kappa shape index (κ3) is 4.29. The minimum absolute atomic E-state index is 0.128. The first-order valence-electron chi connectivity index (χ1n) is 5.72. The van der Waals surface area contributed by atoms with Gasteiger partial charge in [-0.15, -0.1) is 0 Å². The van der Waals surface area contributed by atoms with Crippen LogP contribution in [0.25, 0.3) is 0 Å². The predicted octanol–water partition coefficient (Wildman–Crippen LogP) is 1.23. The quantitative estimate of drug-likeness (QED) is 0.846. The van der Waals surface area contributed by atoms with Gasteiger partial charge in [-0.05, 0) is 27.1 Å². The highest BCUT2D eigenvalue weighted by Gasteiger charge is 2.25. The minimum atomic E-state index is -1.18. The monoisotopic (exact) mass is 270 g/mol. The van der Waals surface area contributed by atoms with Gasteiger partial charge in [0.05, 0.1) is 13.1 Å². The summed E-state index contributed by atoms with van der Waals surface area (Å²) in [4.78, 5) is 13.3. The lowest BCUT2D eigenvalue weighted by molar-refractivity contribution is -0.122. The summed E-state index contributed by atoms with van der Waals surface area (Å²) in [6.07, 6.45) is 0. The van der Waals surface area contributed by atoms with Crippen LogP contribution in [0.4, 0.5) is 0 Å². The van der Waals surface area contributed by atoms with Crippen LogP contribution < -0.4 is 5.32 Å². The van der Waals surface area contributed by atoms with Gasteiger partial charge >= 0.3 is 0 Å². The third-order valence-corrected chi connectivity index (χ3v) is 2.87. The Bertz CT molecular complexity index is 419. The summed E-state index contributed by atoms with van der Waals surface area (Å²) < 4.78 is 0. The van der Waals surface area contributed by atoms with Crippen LogP contribution in [0.1, 0.15) is 12.5 Å². The average molecular weight is 271 g/mol. The molecule has 0 aliphatic heterocycles. The maximum atomic E-state index is 11.5. The van der Waals surface area contributed by atoms with Crippen molar-refractivity contribution in [3.05, 3.63) is 34.9 Å². The van der Waals surface area contributed by atoms with Crippen molar-refractivity contribution in [3.8, 4) is 0 Å².